The number of benzene rings is 1. The SMILES string of the molecule is Cc1cc(N(C)Cc2ccc(CN)cc2)nc(C(C)C)n1. The van der Waals surface area contributed by atoms with Crippen molar-refractivity contribution < 1.29 is 0 Å². The van der Waals surface area contributed by atoms with Crippen LogP contribution in [0.3, 0.4) is 0 Å². The minimum atomic E-state index is 0.334. The molecular weight excluding hydrogens is 260 g/mol. The van der Waals surface area contributed by atoms with Crippen molar-refractivity contribution in [2.45, 2.75) is 39.8 Å². The fraction of sp³-hybridized carbons (Fsp3) is 0.412. The summed E-state index contributed by atoms with van der Waals surface area (Å²) in [5.41, 5.74) is 9.04. The summed E-state index contributed by atoms with van der Waals surface area (Å²) in [5.74, 6) is 2.20. The molecule has 0 aliphatic carbocycles. The van der Waals surface area contributed by atoms with Crippen molar-refractivity contribution in [2.24, 2.45) is 5.73 Å². The fourth-order valence-corrected chi connectivity index (χ4v) is 2.16. The number of aromatic nitrogens is 2. The molecule has 4 heteroatoms. The molecule has 0 saturated carbocycles. The van der Waals surface area contributed by atoms with Crippen molar-refractivity contribution in [1.29, 1.82) is 0 Å². The van der Waals surface area contributed by atoms with E-state index in [-0.39, 0.29) is 0 Å². The van der Waals surface area contributed by atoms with E-state index in [1.807, 2.05) is 13.0 Å². The summed E-state index contributed by atoms with van der Waals surface area (Å²) in [7, 11) is 2.06. The number of nitrogens with two attached hydrogens (primary N) is 1. The van der Waals surface area contributed by atoms with Gasteiger partial charge in [-0.3, -0.25) is 0 Å². The van der Waals surface area contributed by atoms with Gasteiger partial charge in [0, 0.05) is 37.8 Å². The van der Waals surface area contributed by atoms with Crippen molar-refractivity contribution in [2.75, 3.05) is 11.9 Å². The zero-order chi connectivity index (χ0) is 15.4. The van der Waals surface area contributed by atoms with Gasteiger partial charge in [0.05, 0.1) is 0 Å². The van der Waals surface area contributed by atoms with E-state index >= 15 is 0 Å². The van der Waals surface area contributed by atoms with Crippen LogP contribution < -0.4 is 10.6 Å². The van der Waals surface area contributed by atoms with Crippen LogP contribution in [0.15, 0.2) is 30.3 Å². The summed E-state index contributed by atoms with van der Waals surface area (Å²) >= 11 is 0. The predicted molar refractivity (Wildman–Crippen MR) is 87.3 cm³/mol. The average molecular weight is 284 g/mol. The van der Waals surface area contributed by atoms with Crippen LogP contribution >= 0.6 is 0 Å². The van der Waals surface area contributed by atoms with Gasteiger partial charge in [0.15, 0.2) is 0 Å². The van der Waals surface area contributed by atoms with Crippen molar-refractivity contribution in [3.63, 3.8) is 0 Å². The Bertz CT molecular complexity index is 590. The molecule has 0 bridgehead atoms. The van der Waals surface area contributed by atoms with Crippen LogP contribution in [0.25, 0.3) is 0 Å². The largest absolute Gasteiger partial charge is 0.355 e. The Morgan fingerprint density at radius 3 is 2.29 bits per heavy atom. The molecule has 2 rings (SSSR count). The summed E-state index contributed by atoms with van der Waals surface area (Å²) in [6.07, 6.45) is 0. The molecule has 0 amide bonds. The number of nitrogens with zero attached hydrogens (tertiary/aromatic N) is 3. The summed E-state index contributed by atoms with van der Waals surface area (Å²) in [4.78, 5) is 11.3. The lowest BCUT2D eigenvalue weighted by Crippen LogP contribution is -2.19. The zero-order valence-corrected chi connectivity index (χ0v) is 13.3. The highest BCUT2D eigenvalue weighted by Crippen LogP contribution is 2.18. The van der Waals surface area contributed by atoms with Crippen molar-refractivity contribution in [3.8, 4) is 0 Å². The van der Waals surface area contributed by atoms with Gasteiger partial charge in [0.1, 0.15) is 11.6 Å². The quantitative estimate of drug-likeness (QED) is 0.917. The van der Waals surface area contributed by atoms with E-state index in [0.717, 1.165) is 29.4 Å². The second-order valence-corrected chi connectivity index (χ2v) is 5.76. The van der Waals surface area contributed by atoms with Gasteiger partial charge < -0.3 is 10.6 Å². The van der Waals surface area contributed by atoms with E-state index in [2.05, 4.69) is 60.0 Å². The van der Waals surface area contributed by atoms with Gasteiger partial charge in [-0.05, 0) is 18.1 Å². The van der Waals surface area contributed by atoms with Crippen LogP contribution in [0.1, 0.15) is 42.4 Å². The molecule has 0 radical (unpaired) electrons. The average Bonchev–Trinajstić information content (AvgIpc) is 2.47. The molecule has 4 nitrogen and oxygen atoms in total. The molecule has 0 aliphatic heterocycles. The molecule has 0 unspecified atom stereocenters. The summed E-state index contributed by atoms with van der Waals surface area (Å²) < 4.78 is 0. The Kier molecular flexibility index (Phi) is 4.91. The first kappa shape index (κ1) is 15.4. The van der Waals surface area contributed by atoms with E-state index in [0.29, 0.717) is 12.5 Å². The monoisotopic (exact) mass is 284 g/mol. The maximum Gasteiger partial charge on any atom is 0.133 e. The topological polar surface area (TPSA) is 55.0 Å². The number of hydrogen-bond acceptors (Lipinski definition) is 4. The second kappa shape index (κ2) is 6.68. The van der Waals surface area contributed by atoms with Gasteiger partial charge in [-0.15, -0.1) is 0 Å². The van der Waals surface area contributed by atoms with Crippen molar-refractivity contribution in [3.05, 3.63) is 53.0 Å². The molecule has 1 aromatic heterocycles. The first-order valence-electron chi connectivity index (χ1n) is 7.34. The third-order valence-electron chi connectivity index (χ3n) is 3.44. The maximum atomic E-state index is 5.63. The minimum Gasteiger partial charge on any atom is -0.355 e. The van der Waals surface area contributed by atoms with E-state index in [1.54, 1.807) is 0 Å². The lowest BCUT2D eigenvalue weighted by molar-refractivity contribution is 0.754. The summed E-state index contributed by atoms with van der Waals surface area (Å²) in [5, 5.41) is 0. The molecule has 2 N–H and O–H groups in total. The van der Waals surface area contributed by atoms with Crippen LogP contribution in [0.2, 0.25) is 0 Å². The zero-order valence-electron chi connectivity index (χ0n) is 13.3. The normalized spacial score (nSPS) is 11.0. The van der Waals surface area contributed by atoms with Gasteiger partial charge in [-0.2, -0.15) is 0 Å². The number of aryl methyl sites for hydroxylation is 1. The van der Waals surface area contributed by atoms with Crippen LogP contribution in [0.4, 0.5) is 5.82 Å². The maximum absolute atomic E-state index is 5.63. The Hall–Kier alpha value is -1.94. The van der Waals surface area contributed by atoms with E-state index in [9.17, 15) is 0 Å². The Labute approximate surface area is 127 Å². The van der Waals surface area contributed by atoms with Gasteiger partial charge in [0.25, 0.3) is 0 Å². The van der Waals surface area contributed by atoms with Crippen LogP contribution in [-0.4, -0.2) is 17.0 Å². The first-order chi connectivity index (χ1) is 9.99. The third-order valence-corrected chi connectivity index (χ3v) is 3.44. The minimum absolute atomic E-state index is 0.334. The van der Waals surface area contributed by atoms with Crippen LogP contribution in [-0.2, 0) is 13.1 Å². The Morgan fingerprint density at radius 2 is 1.71 bits per heavy atom. The lowest BCUT2D eigenvalue weighted by atomic mass is 10.1. The highest BCUT2D eigenvalue weighted by molar-refractivity contribution is 5.40. The number of hydrogen-bond donors (Lipinski definition) is 1. The molecular formula is C17H24N4. The predicted octanol–water partition coefficient (Wildman–Crippen LogP) is 3.00. The molecule has 0 saturated heterocycles. The van der Waals surface area contributed by atoms with Gasteiger partial charge in [-0.25, -0.2) is 9.97 Å². The van der Waals surface area contributed by atoms with E-state index in [4.69, 9.17) is 5.73 Å². The second-order valence-electron chi connectivity index (χ2n) is 5.76. The molecule has 1 heterocycles. The highest BCUT2D eigenvalue weighted by atomic mass is 15.2. The van der Waals surface area contributed by atoms with Crippen molar-refractivity contribution in [1.82, 2.24) is 9.97 Å². The highest BCUT2D eigenvalue weighted by Gasteiger charge is 2.09. The number of rotatable bonds is 5. The number of anilines is 1. The van der Waals surface area contributed by atoms with Gasteiger partial charge in [-0.1, -0.05) is 38.1 Å². The summed E-state index contributed by atoms with van der Waals surface area (Å²) in [6, 6.07) is 10.4. The van der Waals surface area contributed by atoms with Crippen molar-refractivity contribution >= 4 is 5.82 Å². The standard InChI is InChI=1S/C17H24N4/c1-12(2)17-19-13(3)9-16(20-17)21(4)11-15-7-5-14(10-18)6-8-15/h5-9,12H,10-11,18H2,1-4H3. The lowest BCUT2D eigenvalue weighted by Gasteiger charge is -2.20. The van der Waals surface area contributed by atoms with Gasteiger partial charge in [0.2, 0.25) is 0 Å². The Balaban J connectivity index is 2.17. The first-order valence-corrected chi connectivity index (χ1v) is 7.34. The van der Waals surface area contributed by atoms with Gasteiger partial charge >= 0.3 is 0 Å². The van der Waals surface area contributed by atoms with Crippen LogP contribution in [0, 0.1) is 6.92 Å². The molecule has 21 heavy (non-hydrogen) atoms. The fourth-order valence-electron chi connectivity index (χ4n) is 2.16. The molecule has 112 valence electrons. The Morgan fingerprint density at radius 1 is 1.10 bits per heavy atom. The smallest absolute Gasteiger partial charge is 0.133 e. The molecule has 2 aromatic rings. The molecule has 0 spiro atoms. The third kappa shape index (κ3) is 4.02. The van der Waals surface area contributed by atoms with E-state index in [1.165, 1.54) is 5.56 Å². The van der Waals surface area contributed by atoms with E-state index < -0.39 is 0 Å². The van der Waals surface area contributed by atoms with Crippen LogP contribution in [0.5, 0.6) is 0 Å². The molecule has 1 aromatic carbocycles. The summed E-state index contributed by atoms with van der Waals surface area (Å²) in [6.45, 7) is 7.65. The molecule has 0 aliphatic rings. The molecule has 0 fully saturated rings. The molecule has 0 atom stereocenters.